The quantitative estimate of drug-likeness (QED) is 0.598. The van der Waals surface area contributed by atoms with Crippen LogP contribution in [0.2, 0.25) is 5.32 Å². The van der Waals surface area contributed by atoms with Crippen LogP contribution in [0, 0.1) is 16.0 Å². The number of rotatable bonds is 6. The summed E-state index contributed by atoms with van der Waals surface area (Å²) in [5, 5.41) is 9.20. The summed E-state index contributed by atoms with van der Waals surface area (Å²) >= 11 is -0.0404. The molecule has 0 heterocycles. The third-order valence-corrected chi connectivity index (χ3v) is 3.44. The molecule has 0 aliphatic carbocycles. The summed E-state index contributed by atoms with van der Waals surface area (Å²) in [6.07, 6.45) is 0. The zero-order valence-electron chi connectivity index (χ0n) is 10.6. The first-order chi connectivity index (χ1) is 9.79. The van der Waals surface area contributed by atoms with E-state index in [0.717, 1.165) is 5.32 Å². The Morgan fingerprint density at radius 2 is 1.90 bits per heavy atom. The number of benzene rings is 2. The van der Waals surface area contributed by atoms with Gasteiger partial charge in [0.05, 0.1) is 0 Å². The van der Waals surface area contributed by atoms with Crippen molar-refractivity contribution in [2.45, 2.75) is 5.32 Å². The van der Waals surface area contributed by atoms with Gasteiger partial charge < -0.3 is 0 Å². The van der Waals surface area contributed by atoms with Crippen LogP contribution in [0.15, 0.2) is 48.5 Å². The molecule has 20 heavy (non-hydrogen) atoms. The molecule has 0 aromatic heterocycles. The standard InChI is InChI=1S/C15H12FNO2Se/c16-14-6-1-2-7-15(14)19-13-5-3-4-12(10-13)18-8-9-20-11-17/h1-7,10H,8-9H2. The van der Waals surface area contributed by atoms with E-state index in [9.17, 15) is 4.39 Å². The number of hydrogen-bond acceptors (Lipinski definition) is 3. The van der Waals surface area contributed by atoms with Crippen LogP contribution in [-0.4, -0.2) is 21.6 Å². The fourth-order valence-electron chi connectivity index (χ4n) is 1.53. The molecule has 0 spiro atoms. The van der Waals surface area contributed by atoms with Crippen molar-refractivity contribution >= 4 is 15.0 Å². The van der Waals surface area contributed by atoms with Crippen molar-refractivity contribution in [3.05, 3.63) is 54.3 Å². The van der Waals surface area contributed by atoms with Gasteiger partial charge >= 0.3 is 123 Å². The predicted octanol–water partition coefficient (Wildman–Crippen LogP) is 3.60. The van der Waals surface area contributed by atoms with Gasteiger partial charge in [0.15, 0.2) is 0 Å². The Hall–Kier alpha value is -2.02. The van der Waals surface area contributed by atoms with Gasteiger partial charge in [0.1, 0.15) is 0 Å². The fraction of sp³-hybridized carbons (Fsp3) is 0.133. The number of hydrogen-bond donors (Lipinski definition) is 0. The van der Waals surface area contributed by atoms with Crippen LogP contribution < -0.4 is 9.47 Å². The Bertz CT molecular complexity index is 613. The molecule has 0 aliphatic rings. The van der Waals surface area contributed by atoms with E-state index in [2.05, 4.69) is 4.97 Å². The predicted molar refractivity (Wildman–Crippen MR) is 74.6 cm³/mol. The molecule has 2 rings (SSSR count). The molecule has 0 amide bonds. The first kappa shape index (κ1) is 14.4. The van der Waals surface area contributed by atoms with Crippen LogP contribution in [0.25, 0.3) is 0 Å². The fourth-order valence-corrected chi connectivity index (χ4v) is 2.07. The monoisotopic (exact) mass is 337 g/mol. The first-order valence-corrected chi connectivity index (χ1v) is 8.02. The van der Waals surface area contributed by atoms with Crippen LogP contribution in [0.1, 0.15) is 0 Å². The average molecular weight is 336 g/mol. The zero-order chi connectivity index (χ0) is 14.2. The molecule has 102 valence electrons. The number of nitrogens with zero attached hydrogens (tertiary/aromatic N) is 1. The molecular weight excluding hydrogens is 324 g/mol. The molecule has 3 nitrogen and oxygen atoms in total. The maximum absolute atomic E-state index is 13.5. The van der Waals surface area contributed by atoms with Crippen molar-refractivity contribution in [3.63, 3.8) is 0 Å². The molecule has 5 heteroatoms. The SMILES string of the molecule is N#C[Se]CCOc1cccc(Oc2ccccc2F)c1. The summed E-state index contributed by atoms with van der Waals surface area (Å²) in [5.41, 5.74) is 0. The second-order valence-corrected chi connectivity index (χ2v) is 5.64. The normalized spacial score (nSPS) is 9.80. The summed E-state index contributed by atoms with van der Waals surface area (Å²) in [5.74, 6) is 0.930. The van der Waals surface area contributed by atoms with E-state index in [-0.39, 0.29) is 20.7 Å². The number of ether oxygens (including phenoxy) is 2. The van der Waals surface area contributed by atoms with Crippen molar-refractivity contribution in [3.8, 4) is 22.2 Å². The molecule has 0 N–H and O–H groups in total. The van der Waals surface area contributed by atoms with Gasteiger partial charge in [0, 0.05) is 0 Å². The van der Waals surface area contributed by atoms with Crippen molar-refractivity contribution in [1.29, 1.82) is 5.26 Å². The molecule has 0 fully saturated rings. The molecule has 0 atom stereocenters. The van der Waals surface area contributed by atoms with E-state index in [4.69, 9.17) is 14.7 Å². The van der Waals surface area contributed by atoms with Crippen molar-refractivity contribution in [1.82, 2.24) is 0 Å². The second-order valence-electron chi connectivity index (χ2n) is 3.80. The Morgan fingerprint density at radius 1 is 1.10 bits per heavy atom. The van der Waals surface area contributed by atoms with Crippen LogP contribution in [0.5, 0.6) is 17.2 Å². The van der Waals surface area contributed by atoms with Crippen molar-refractivity contribution in [2.24, 2.45) is 0 Å². The second kappa shape index (κ2) is 7.54. The average Bonchev–Trinajstić information content (AvgIpc) is 2.47. The first-order valence-electron chi connectivity index (χ1n) is 5.96. The van der Waals surface area contributed by atoms with Crippen molar-refractivity contribution in [2.75, 3.05) is 6.61 Å². The van der Waals surface area contributed by atoms with Crippen molar-refractivity contribution < 1.29 is 13.9 Å². The van der Waals surface area contributed by atoms with E-state index >= 15 is 0 Å². The molecule has 0 saturated heterocycles. The van der Waals surface area contributed by atoms with E-state index < -0.39 is 5.82 Å². The summed E-state index contributed by atoms with van der Waals surface area (Å²) in [6.45, 7) is 0.497. The van der Waals surface area contributed by atoms with Gasteiger partial charge in [-0.3, -0.25) is 0 Å². The Labute approximate surface area is 123 Å². The molecule has 2 aromatic carbocycles. The summed E-state index contributed by atoms with van der Waals surface area (Å²) in [4.78, 5) is 2.12. The molecule has 0 unspecified atom stereocenters. The minimum atomic E-state index is -0.407. The van der Waals surface area contributed by atoms with Gasteiger partial charge in [0.2, 0.25) is 0 Å². The summed E-state index contributed by atoms with van der Waals surface area (Å²) < 4.78 is 24.5. The van der Waals surface area contributed by atoms with Crippen LogP contribution in [-0.2, 0) is 0 Å². The molecule has 0 radical (unpaired) electrons. The number of para-hydroxylation sites is 1. The van der Waals surface area contributed by atoms with E-state index in [0.29, 0.717) is 18.1 Å². The molecular formula is C15H12FNO2Se. The van der Waals surface area contributed by atoms with Gasteiger partial charge in [-0.25, -0.2) is 0 Å². The van der Waals surface area contributed by atoms with E-state index in [1.165, 1.54) is 6.07 Å². The van der Waals surface area contributed by atoms with Gasteiger partial charge in [-0.15, -0.1) is 0 Å². The summed E-state index contributed by atoms with van der Waals surface area (Å²) in [6, 6.07) is 13.2. The number of halogens is 1. The maximum atomic E-state index is 13.5. The van der Waals surface area contributed by atoms with Gasteiger partial charge in [0.25, 0.3) is 0 Å². The zero-order valence-corrected chi connectivity index (χ0v) is 12.3. The van der Waals surface area contributed by atoms with Crippen LogP contribution in [0.3, 0.4) is 0 Å². The Morgan fingerprint density at radius 3 is 2.70 bits per heavy atom. The molecule has 0 bridgehead atoms. The van der Waals surface area contributed by atoms with E-state index in [1.54, 1.807) is 42.5 Å². The molecule has 0 saturated carbocycles. The summed E-state index contributed by atoms with van der Waals surface area (Å²) in [7, 11) is 0. The minimum absolute atomic E-state index is 0.0404. The molecule has 0 aliphatic heterocycles. The Balaban J connectivity index is 1.99. The number of nitriles is 1. The van der Waals surface area contributed by atoms with E-state index in [1.807, 2.05) is 0 Å². The van der Waals surface area contributed by atoms with Gasteiger partial charge in [-0.1, -0.05) is 0 Å². The van der Waals surface area contributed by atoms with Crippen LogP contribution >= 0.6 is 0 Å². The third kappa shape index (κ3) is 4.27. The van der Waals surface area contributed by atoms with Crippen LogP contribution in [0.4, 0.5) is 4.39 Å². The van der Waals surface area contributed by atoms with Gasteiger partial charge in [-0.05, 0) is 0 Å². The topological polar surface area (TPSA) is 42.2 Å². The third-order valence-electron chi connectivity index (χ3n) is 2.39. The van der Waals surface area contributed by atoms with Gasteiger partial charge in [-0.2, -0.15) is 0 Å². The molecule has 2 aromatic rings. The Kier molecular flexibility index (Phi) is 5.42.